The first-order valence-corrected chi connectivity index (χ1v) is 11.6. The Kier molecular flexibility index (Phi) is 7.59. The van der Waals surface area contributed by atoms with Crippen LogP contribution >= 0.6 is 23.4 Å². The average molecular weight is 427 g/mol. The molecule has 2 rings (SSSR count). The number of aryl methyl sites for hydroxylation is 2. The number of hydrogen-bond acceptors (Lipinski definition) is 4. The third-order valence-corrected chi connectivity index (χ3v) is 6.26. The molecule has 2 aromatic carbocycles. The van der Waals surface area contributed by atoms with Crippen molar-refractivity contribution in [3.63, 3.8) is 0 Å². The molecule has 2 aromatic rings. The molecule has 0 bridgehead atoms. The van der Waals surface area contributed by atoms with Crippen molar-refractivity contribution in [3.05, 3.63) is 58.6 Å². The van der Waals surface area contributed by atoms with Gasteiger partial charge in [-0.1, -0.05) is 29.8 Å². The molecule has 0 spiro atoms. The van der Waals surface area contributed by atoms with Crippen molar-refractivity contribution in [1.82, 2.24) is 5.32 Å². The summed E-state index contributed by atoms with van der Waals surface area (Å²) in [6, 6.07) is 13.0. The fourth-order valence-corrected chi connectivity index (χ4v) is 4.50. The lowest BCUT2D eigenvalue weighted by Crippen LogP contribution is -2.41. The van der Waals surface area contributed by atoms with Crippen molar-refractivity contribution in [2.45, 2.75) is 18.7 Å². The van der Waals surface area contributed by atoms with E-state index in [0.717, 1.165) is 22.3 Å². The highest BCUT2D eigenvalue weighted by atomic mass is 35.5. The Bertz CT molecular complexity index is 879. The van der Waals surface area contributed by atoms with Crippen molar-refractivity contribution in [2.24, 2.45) is 0 Å². The van der Waals surface area contributed by atoms with Gasteiger partial charge < -0.3 is 5.32 Å². The summed E-state index contributed by atoms with van der Waals surface area (Å²) in [6.07, 6.45) is 1.11. The molecule has 0 fully saturated rings. The van der Waals surface area contributed by atoms with Crippen LogP contribution in [-0.4, -0.2) is 39.4 Å². The van der Waals surface area contributed by atoms with Crippen LogP contribution in [0.2, 0.25) is 5.02 Å². The number of nitrogens with one attached hydrogen (secondary N) is 1. The maximum atomic E-state index is 12.3. The summed E-state index contributed by atoms with van der Waals surface area (Å²) < 4.78 is 25.7. The fraction of sp³-hybridized carbons (Fsp3) is 0.316. The number of amides is 1. The Balaban J connectivity index is 1.95. The number of thioether (sulfide) groups is 1. The molecule has 1 N–H and O–H groups in total. The van der Waals surface area contributed by atoms with E-state index in [1.807, 2.05) is 56.3 Å². The summed E-state index contributed by atoms with van der Waals surface area (Å²) in [5.74, 6) is 0.343. The van der Waals surface area contributed by atoms with Gasteiger partial charge in [-0.05, 0) is 49.2 Å². The van der Waals surface area contributed by atoms with Gasteiger partial charge in [-0.15, -0.1) is 11.8 Å². The number of benzene rings is 2. The maximum Gasteiger partial charge on any atom is 0.240 e. The smallest absolute Gasteiger partial charge is 0.240 e. The molecule has 146 valence electrons. The van der Waals surface area contributed by atoms with E-state index in [9.17, 15) is 13.2 Å². The first-order valence-electron chi connectivity index (χ1n) is 8.37. The normalized spacial score (nSPS) is 11.3. The average Bonchev–Trinajstić information content (AvgIpc) is 2.58. The Hall–Kier alpha value is -1.70. The Morgan fingerprint density at radius 1 is 1.11 bits per heavy atom. The molecule has 0 saturated carbocycles. The van der Waals surface area contributed by atoms with Crippen molar-refractivity contribution >= 4 is 45.0 Å². The zero-order valence-electron chi connectivity index (χ0n) is 15.5. The minimum atomic E-state index is -3.58. The number of anilines is 1. The highest BCUT2D eigenvalue weighted by molar-refractivity contribution is 7.99. The minimum Gasteiger partial charge on any atom is -0.354 e. The van der Waals surface area contributed by atoms with Gasteiger partial charge in [0.2, 0.25) is 15.9 Å². The van der Waals surface area contributed by atoms with Crippen LogP contribution in [0.1, 0.15) is 11.1 Å². The second-order valence-corrected chi connectivity index (χ2v) is 9.67. The van der Waals surface area contributed by atoms with Crippen molar-refractivity contribution in [1.29, 1.82) is 0 Å². The van der Waals surface area contributed by atoms with E-state index >= 15 is 0 Å². The van der Waals surface area contributed by atoms with Gasteiger partial charge in [0.15, 0.2) is 0 Å². The molecule has 0 aliphatic heterocycles. The molecule has 5 nitrogen and oxygen atoms in total. The lowest BCUT2D eigenvalue weighted by atomic mass is 10.1. The van der Waals surface area contributed by atoms with Crippen LogP contribution in [-0.2, 0) is 14.8 Å². The van der Waals surface area contributed by atoms with E-state index in [-0.39, 0.29) is 12.5 Å². The molecule has 1 amide bonds. The van der Waals surface area contributed by atoms with Crippen LogP contribution in [0, 0.1) is 13.8 Å². The summed E-state index contributed by atoms with van der Waals surface area (Å²) >= 11 is 7.44. The van der Waals surface area contributed by atoms with Crippen LogP contribution in [0.25, 0.3) is 0 Å². The summed E-state index contributed by atoms with van der Waals surface area (Å²) in [4.78, 5) is 13.4. The lowest BCUT2D eigenvalue weighted by molar-refractivity contribution is -0.119. The predicted octanol–water partition coefficient (Wildman–Crippen LogP) is 3.63. The van der Waals surface area contributed by atoms with E-state index in [4.69, 9.17) is 11.6 Å². The Morgan fingerprint density at radius 2 is 1.70 bits per heavy atom. The standard InChI is InChI=1S/C19H23ClN2O3S2/c1-14-5-4-6-15(2)19(14)22(27(3,24)25)13-18(23)21-11-12-26-17-9-7-16(20)8-10-17/h4-10H,11-13H2,1-3H3,(H,21,23). The quantitative estimate of drug-likeness (QED) is 0.517. The molecular weight excluding hydrogens is 404 g/mol. The van der Waals surface area contributed by atoms with E-state index in [0.29, 0.717) is 23.0 Å². The fourth-order valence-electron chi connectivity index (χ4n) is 2.64. The van der Waals surface area contributed by atoms with Gasteiger partial charge in [-0.25, -0.2) is 8.42 Å². The Labute approximate surface area is 170 Å². The van der Waals surface area contributed by atoms with Crippen molar-refractivity contribution < 1.29 is 13.2 Å². The van der Waals surface area contributed by atoms with Gasteiger partial charge in [-0.3, -0.25) is 9.10 Å². The van der Waals surface area contributed by atoms with Gasteiger partial charge in [0.25, 0.3) is 0 Å². The van der Waals surface area contributed by atoms with Crippen LogP contribution in [0.4, 0.5) is 5.69 Å². The van der Waals surface area contributed by atoms with E-state index in [1.54, 1.807) is 11.8 Å². The molecule has 0 heterocycles. The van der Waals surface area contributed by atoms with Crippen LogP contribution in [0.5, 0.6) is 0 Å². The Morgan fingerprint density at radius 3 is 2.26 bits per heavy atom. The SMILES string of the molecule is Cc1cccc(C)c1N(CC(=O)NCCSc1ccc(Cl)cc1)S(C)(=O)=O. The minimum absolute atomic E-state index is 0.240. The van der Waals surface area contributed by atoms with Crippen molar-refractivity contribution in [2.75, 3.05) is 29.4 Å². The molecule has 0 saturated heterocycles. The highest BCUT2D eigenvalue weighted by Gasteiger charge is 2.23. The van der Waals surface area contributed by atoms with Gasteiger partial charge >= 0.3 is 0 Å². The zero-order valence-corrected chi connectivity index (χ0v) is 17.9. The molecule has 0 aliphatic carbocycles. The molecule has 0 radical (unpaired) electrons. The zero-order chi connectivity index (χ0) is 20.0. The van der Waals surface area contributed by atoms with E-state index in [2.05, 4.69) is 5.32 Å². The topological polar surface area (TPSA) is 66.5 Å². The molecule has 0 aliphatic rings. The summed E-state index contributed by atoms with van der Waals surface area (Å²) in [5, 5.41) is 3.46. The van der Waals surface area contributed by atoms with Crippen LogP contribution in [0.15, 0.2) is 47.4 Å². The highest BCUT2D eigenvalue weighted by Crippen LogP contribution is 2.26. The number of rotatable bonds is 8. The number of para-hydroxylation sites is 1. The molecule has 0 aromatic heterocycles. The lowest BCUT2D eigenvalue weighted by Gasteiger charge is -2.25. The van der Waals surface area contributed by atoms with E-state index in [1.165, 1.54) is 4.31 Å². The molecule has 27 heavy (non-hydrogen) atoms. The maximum absolute atomic E-state index is 12.3. The van der Waals surface area contributed by atoms with Crippen LogP contribution in [0.3, 0.4) is 0 Å². The molecular formula is C19H23ClN2O3S2. The van der Waals surface area contributed by atoms with Crippen LogP contribution < -0.4 is 9.62 Å². The summed E-state index contributed by atoms with van der Waals surface area (Å²) in [5.41, 5.74) is 2.18. The van der Waals surface area contributed by atoms with Crippen molar-refractivity contribution in [3.8, 4) is 0 Å². The molecule has 0 atom stereocenters. The largest absolute Gasteiger partial charge is 0.354 e. The summed E-state index contributed by atoms with van der Waals surface area (Å²) in [6.45, 7) is 3.87. The number of hydrogen-bond donors (Lipinski definition) is 1. The van der Waals surface area contributed by atoms with Gasteiger partial charge in [0.05, 0.1) is 11.9 Å². The third kappa shape index (κ3) is 6.45. The van der Waals surface area contributed by atoms with E-state index < -0.39 is 10.0 Å². The van der Waals surface area contributed by atoms with Gasteiger partial charge in [0.1, 0.15) is 6.54 Å². The number of nitrogens with zero attached hydrogens (tertiary/aromatic N) is 1. The molecule has 0 unspecified atom stereocenters. The number of sulfonamides is 1. The third-order valence-electron chi connectivity index (χ3n) is 3.88. The number of carbonyl (C=O) groups is 1. The van der Waals surface area contributed by atoms with Gasteiger partial charge in [0, 0.05) is 22.2 Å². The monoisotopic (exact) mass is 426 g/mol. The second-order valence-electron chi connectivity index (χ2n) is 6.16. The number of halogens is 1. The first-order chi connectivity index (χ1) is 12.7. The molecule has 8 heteroatoms. The first kappa shape index (κ1) is 21.6. The second kappa shape index (κ2) is 9.48. The number of carbonyl (C=O) groups excluding carboxylic acids is 1. The summed E-state index contributed by atoms with van der Waals surface area (Å²) in [7, 11) is -3.58. The van der Waals surface area contributed by atoms with Gasteiger partial charge in [-0.2, -0.15) is 0 Å². The predicted molar refractivity (Wildman–Crippen MR) is 113 cm³/mol.